The van der Waals surface area contributed by atoms with Crippen LogP contribution in [0, 0.1) is 12.7 Å². The van der Waals surface area contributed by atoms with Crippen molar-refractivity contribution in [2.24, 2.45) is 0 Å². The number of nitrogens with one attached hydrogen (secondary N) is 2. The van der Waals surface area contributed by atoms with Gasteiger partial charge in [0, 0.05) is 11.3 Å². The van der Waals surface area contributed by atoms with Gasteiger partial charge in [0.2, 0.25) is 0 Å². The smallest absolute Gasteiger partial charge is 0.263 e. The van der Waals surface area contributed by atoms with Crippen molar-refractivity contribution < 1.29 is 17.6 Å². The molecule has 0 saturated carbocycles. The quantitative estimate of drug-likeness (QED) is 0.554. The Bertz CT molecular complexity index is 1160. The van der Waals surface area contributed by atoms with Crippen LogP contribution in [-0.4, -0.2) is 14.3 Å². The van der Waals surface area contributed by atoms with E-state index in [9.17, 15) is 17.6 Å². The number of anilines is 1. The Hall–Kier alpha value is -2.90. The molecule has 0 aliphatic carbocycles. The number of aryl methyl sites for hydroxylation is 1. The average molecular weight is 447 g/mol. The van der Waals surface area contributed by atoms with Gasteiger partial charge in [-0.2, -0.15) is 0 Å². The van der Waals surface area contributed by atoms with E-state index in [4.69, 9.17) is 11.6 Å². The molecule has 5 nitrogen and oxygen atoms in total. The minimum Gasteiger partial charge on any atom is -0.346 e. The van der Waals surface area contributed by atoms with Crippen LogP contribution in [0.1, 0.15) is 34.5 Å². The predicted molar refractivity (Wildman–Crippen MR) is 116 cm³/mol. The van der Waals surface area contributed by atoms with Gasteiger partial charge in [-0.3, -0.25) is 9.52 Å². The molecule has 8 heteroatoms. The number of rotatable bonds is 6. The Morgan fingerprint density at radius 2 is 1.63 bits per heavy atom. The normalized spacial score (nSPS) is 12.3. The zero-order valence-electron chi connectivity index (χ0n) is 16.3. The molecule has 0 saturated heterocycles. The number of sulfonamides is 1. The summed E-state index contributed by atoms with van der Waals surface area (Å²) in [5.74, 6) is -0.846. The molecule has 0 aromatic heterocycles. The molecule has 156 valence electrons. The predicted octanol–water partition coefficient (Wildman–Crippen LogP) is 5.08. The molecular formula is C22H20ClFN2O3S. The van der Waals surface area contributed by atoms with E-state index in [2.05, 4.69) is 10.0 Å². The summed E-state index contributed by atoms with van der Waals surface area (Å²) < 4.78 is 41.1. The summed E-state index contributed by atoms with van der Waals surface area (Å²) in [6.45, 7) is 3.64. The first-order valence-electron chi connectivity index (χ1n) is 9.11. The SMILES string of the molecule is Cc1ccc(NS(=O)(=O)c2cc(C(=O)N[C@H](C)c3ccc(F)cc3)ccc2Cl)cc1. The third kappa shape index (κ3) is 5.17. The van der Waals surface area contributed by atoms with Crippen LogP contribution >= 0.6 is 11.6 Å². The molecule has 3 aromatic carbocycles. The fourth-order valence-electron chi connectivity index (χ4n) is 2.80. The van der Waals surface area contributed by atoms with Gasteiger partial charge >= 0.3 is 0 Å². The van der Waals surface area contributed by atoms with Crippen molar-refractivity contribution in [3.63, 3.8) is 0 Å². The lowest BCUT2D eigenvalue weighted by molar-refractivity contribution is 0.0939. The highest BCUT2D eigenvalue weighted by atomic mass is 35.5. The van der Waals surface area contributed by atoms with E-state index < -0.39 is 22.0 Å². The van der Waals surface area contributed by atoms with Crippen LogP contribution in [0.15, 0.2) is 71.6 Å². The first-order chi connectivity index (χ1) is 14.2. The summed E-state index contributed by atoms with van der Waals surface area (Å²) in [7, 11) is -4.00. The number of halogens is 2. The topological polar surface area (TPSA) is 75.3 Å². The highest BCUT2D eigenvalue weighted by Gasteiger charge is 2.21. The van der Waals surface area contributed by atoms with Crippen LogP contribution in [0.4, 0.5) is 10.1 Å². The van der Waals surface area contributed by atoms with Crippen molar-refractivity contribution in [1.29, 1.82) is 0 Å². The van der Waals surface area contributed by atoms with Crippen LogP contribution in [-0.2, 0) is 10.0 Å². The second kappa shape index (κ2) is 8.85. The maximum atomic E-state index is 13.1. The molecule has 0 aliphatic heterocycles. The fourth-order valence-corrected chi connectivity index (χ4v) is 4.38. The number of carbonyl (C=O) groups is 1. The third-order valence-electron chi connectivity index (χ3n) is 4.50. The summed E-state index contributed by atoms with van der Waals surface area (Å²) in [5, 5.41) is 2.76. The summed E-state index contributed by atoms with van der Waals surface area (Å²) in [4.78, 5) is 12.4. The molecule has 0 bridgehead atoms. The summed E-state index contributed by atoms with van der Waals surface area (Å²) >= 11 is 6.11. The van der Waals surface area contributed by atoms with E-state index in [1.807, 2.05) is 6.92 Å². The minimum atomic E-state index is -4.00. The van der Waals surface area contributed by atoms with E-state index in [0.717, 1.165) is 5.56 Å². The number of amides is 1. The Morgan fingerprint density at radius 1 is 1.00 bits per heavy atom. The molecule has 1 atom stereocenters. The Balaban J connectivity index is 1.82. The molecule has 0 unspecified atom stereocenters. The fraction of sp³-hybridized carbons (Fsp3) is 0.136. The average Bonchev–Trinajstić information content (AvgIpc) is 2.70. The van der Waals surface area contributed by atoms with Gasteiger partial charge in [-0.05, 0) is 61.9 Å². The van der Waals surface area contributed by atoms with Crippen molar-refractivity contribution >= 4 is 33.2 Å². The molecule has 0 radical (unpaired) electrons. The molecule has 1 amide bonds. The lowest BCUT2D eigenvalue weighted by Crippen LogP contribution is -2.27. The van der Waals surface area contributed by atoms with Crippen LogP contribution in [0.3, 0.4) is 0 Å². The van der Waals surface area contributed by atoms with Crippen LogP contribution in [0.25, 0.3) is 0 Å². The molecule has 2 N–H and O–H groups in total. The van der Waals surface area contributed by atoms with E-state index in [-0.39, 0.29) is 21.3 Å². The Labute approximate surface area is 179 Å². The van der Waals surface area contributed by atoms with Gasteiger partial charge in [-0.25, -0.2) is 12.8 Å². The van der Waals surface area contributed by atoms with Gasteiger partial charge in [0.25, 0.3) is 15.9 Å². The first-order valence-corrected chi connectivity index (χ1v) is 11.0. The molecule has 0 aliphatic rings. The zero-order chi connectivity index (χ0) is 21.9. The maximum Gasteiger partial charge on any atom is 0.263 e. The van der Waals surface area contributed by atoms with E-state index in [1.54, 1.807) is 43.3 Å². The minimum absolute atomic E-state index is 0.00209. The largest absolute Gasteiger partial charge is 0.346 e. The van der Waals surface area contributed by atoms with E-state index in [0.29, 0.717) is 11.3 Å². The van der Waals surface area contributed by atoms with E-state index >= 15 is 0 Å². The lowest BCUT2D eigenvalue weighted by Gasteiger charge is -2.15. The van der Waals surface area contributed by atoms with Gasteiger partial charge < -0.3 is 5.32 Å². The van der Waals surface area contributed by atoms with Gasteiger partial charge in [-0.15, -0.1) is 0 Å². The monoisotopic (exact) mass is 446 g/mol. The van der Waals surface area contributed by atoms with Crippen molar-refractivity contribution in [3.05, 3.63) is 94.3 Å². The molecule has 3 aromatic rings. The standard InChI is InChI=1S/C22H20ClFN2O3S/c1-14-3-10-19(11-4-14)26-30(28,29)21-13-17(7-12-20(21)23)22(27)25-15(2)16-5-8-18(24)9-6-16/h3-13,15,26H,1-2H3,(H,25,27)/t15-/m1/s1. The van der Waals surface area contributed by atoms with Crippen molar-refractivity contribution in [3.8, 4) is 0 Å². The summed E-state index contributed by atoms with van der Waals surface area (Å²) in [6.07, 6.45) is 0. The molecule has 0 spiro atoms. The van der Waals surface area contributed by atoms with Crippen LogP contribution in [0.2, 0.25) is 5.02 Å². The maximum absolute atomic E-state index is 13.1. The molecular weight excluding hydrogens is 427 g/mol. The van der Waals surface area contributed by atoms with E-state index in [1.165, 1.54) is 30.3 Å². The van der Waals surface area contributed by atoms with Crippen molar-refractivity contribution in [2.45, 2.75) is 24.8 Å². The molecule has 0 fully saturated rings. The molecule has 3 rings (SSSR count). The molecule has 30 heavy (non-hydrogen) atoms. The van der Waals surface area contributed by atoms with Gasteiger partial charge in [0.05, 0.1) is 11.1 Å². The highest BCUT2D eigenvalue weighted by Crippen LogP contribution is 2.26. The third-order valence-corrected chi connectivity index (χ3v) is 6.37. The van der Waals surface area contributed by atoms with Gasteiger partial charge in [0.1, 0.15) is 10.7 Å². The second-order valence-corrected chi connectivity index (χ2v) is 8.92. The van der Waals surface area contributed by atoms with Crippen molar-refractivity contribution in [1.82, 2.24) is 5.32 Å². The first kappa shape index (κ1) is 21.8. The van der Waals surface area contributed by atoms with Crippen LogP contribution in [0.5, 0.6) is 0 Å². The number of hydrogen-bond acceptors (Lipinski definition) is 3. The summed E-state index contributed by atoms with van der Waals surface area (Å²) in [6, 6.07) is 16.2. The zero-order valence-corrected chi connectivity index (χ0v) is 17.9. The van der Waals surface area contributed by atoms with Gasteiger partial charge in [-0.1, -0.05) is 41.4 Å². The second-order valence-electron chi connectivity index (χ2n) is 6.86. The highest BCUT2D eigenvalue weighted by molar-refractivity contribution is 7.92. The lowest BCUT2D eigenvalue weighted by atomic mass is 10.1. The Morgan fingerprint density at radius 3 is 2.27 bits per heavy atom. The summed E-state index contributed by atoms with van der Waals surface area (Å²) in [5.41, 5.74) is 2.23. The number of hydrogen-bond donors (Lipinski definition) is 2. The Kier molecular flexibility index (Phi) is 6.43. The number of benzene rings is 3. The molecule has 0 heterocycles. The number of carbonyl (C=O) groups excluding carboxylic acids is 1. The van der Waals surface area contributed by atoms with Crippen molar-refractivity contribution in [2.75, 3.05) is 4.72 Å². The van der Waals surface area contributed by atoms with Crippen LogP contribution < -0.4 is 10.0 Å². The van der Waals surface area contributed by atoms with Gasteiger partial charge in [0.15, 0.2) is 0 Å².